The van der Waals surface area contributed by atoms with Crippen LogP contribution < -0.4 is 10.6 Å². The number of ketones is 1. The number of nitrogens with one attached hydrogen (secondary N) is 2. The van der Waals surface area contributed by atoms with Crippen LogP contribution in [0.2, 0.25) is 0 Å². The Balaban J connectivity index is 1.79. The van der Waals surface area contributed by atoms with Crippen LogP contribution in [0, 0.1) is 25.5 Å². The zero-order valence-electron chi connectivity index (χ0n) is 18.0. The van der Waals surface area contributed by atoms with Crippen molar-refractivity contribution in [3.8, 4) is 0 Å². The Morgan fingerprint density at radius 3 is 2.47 bits per heavy atom. The third kappa shape index (κ3) is 4.41. The molecule has 0 spiro atoms. The molecule has 0 bridgehead atoms. The van der Waals surface area contributed by atoms with Crippen LogP contribution in [0.4, 0.5) is 14.5 Å². The fourth-order valence-corrected chi connectivity index (χ4v) is 3.34. The zero-order chi connectivity index (χ0) is 23.6. The Labute approximate surface area is 182 Å². The second-order valence-electron chi connectivity index (χ2n) is 7.15. The standard InChI is InChI=1S/C21H22F2N6O3/c1-5-29-10-14(26-27-29)9-24-21(32)19(30)17-11(2)18(28(4)12(17)3)20(31)25-13-6-7-15(22)16(23)8-13/h6-8,10H,5,9H2,1-4H3,(H,24,32)(H,25,31). The Hall–Kier alpha value is -3.89. The van der Waals surface area contributed by atoms with Crippen LogP contribution in [-0.2, 0) is 24.9 Å². The van der Waals surface area contributed by atoms with Gasteiger partial charge in [-0.3, -0.25) is 19.1 Å². The first kappa shape index (κ1) is 22.8. The van der Waals surface area contributed by atoms with E-state index in [1.54, 1.807) is 31.8 Å². The number of carbonyl (C=O) groups is 3. The van der Waals surface area contributed by atoms with Crippen molar-refractivity contribution in [1.82, 2.24) is 24.9 Å². The maximum Gasteiger partial charge on any atom is 0.292 e. The van der Waals surface area contributed by atoms with E-state index in [0.717, 1.165) is 12.1 Å². The Kier molecular flexibility index (Phi) is 6.47. The highest BCUT2D eigenvalue weighted by molar-refractivity contribution is 6.43. The van der Waals surface area contributed by atoms with Crippen LogP contribution >= 0.6 is 0 Å². The summed E-state index contributed by atoms with van der Waals surface area (Å²) in [5, 5.41) is 12.7. The maximum absolute atomic E-state index is 13.4. The molecule has 2 aromatic heterocycles. The van der Waals surface area contributed by atoms with E-state index in [0.29, 0.717) is 23.5 Å². The summed E-state index contributed by atoms with van der Waals surface area (Å²) in [6, 6.07) is 2.97. The average molecular weight is 444 g/mol. The van der Waals surface area contributed by atoms with E-state index >= 15 is 0 Å². The largest absolute Gasteiger partial charge is 0.343 e. The van der Waals surface area contributed by atoms with E-state index in [4.69, 9.17) is 0 Å². The van der Waals surface area contributed by atoms with Gasteiger partial charge in [-0.05, 0) is 38.5 Å². The molecule has 0 atom stereocenters. The van der Waals surface area contributed by atoms with Crippen LogP contribution in [0.3, 0.4) is 0 Å². The molecule has 0 aliphatic heterocycles. The summed E-state index contributed by atoms with van der Waals surface area (Å²) in [7, 11) is 1.57. The highest BCUT2D eigenvalue weighted by Crippen LogP contribution is 2.23. The van der Waals surface area contributed by atoms with E-state index in [2.05, 4.69) is 20.9 Å². The molecule has 2 heterocycles. The van der Waals surface area contributed by atoms with Gasteiger partial charge >= 0.3 is 0 Å². The molecule has 9 nitrogen and oxygen atoms in total. The predicted octanol–water partition coefficient (Wildman–Crippen LogP) is 2.28. The zero-order valence-corrected chi connectivity index (χ0v) is 18.0. The molecule has 168 valence electrons. The number of anilines is 1. The van der Waals surface area contributed by atoms with Gasteiger partial charge in [-0.15, -0.1) is 5.10 Å². The lowest BCUT2D eigenvalue weighted by molar-refractivity contribution is -0.117. The molecule has 11 heteroatoms. The number of Topliss-reactive ketones (excluding diaryl/α,β-unsaturated/α-hetero) is 1. The molecule has 3 aromatic rings. The van der Waals surface area contributed by atoms with Crippen molar-refractivity contribution in [1.29, 1.82) is 0 Å². The third-order valence-corrected chi connectivity index (χ3v) is 5.10. The minimum Gasteiger partial charge on any atom is -0.343 e. The number of nitrogens with zero attached hydrogens (tertiary/aromatic N) is 4. The van der Waals surface area contributed by atoms with Crippen LogP contribution in [-0.4, -0.2) is 37.2 Å². The molecule has 0 aliphatic carbocycles. The fraction of sp³-hybridized carbons (Fsp3) is 0.286. The SMILES string of the molecule is CCn1cc(CNC(=O)C(=O)c2c(C)c(C(=O)Nc3ccc(F)c(F)c3)n(C)c2C)nn1. The molecule has 3 rings (SSSR count). The van der Waals surface area contributed by atoms with Gasteiger partial charge in [0.2, 0.25) is 0 Å². The van der Waals surface area contributed by atoms with Crippen molar-refractivity contribution in [3.63, 3.8) is 0 Å². The van der Waals surface area contributed by atoms with Crippen LogP contribution in [0.5, 0.6) is 0 Å². The van der Waals surface area contributed by atoms with Crippen molar-refractivity contribution in [2.45, 2.75) is 33.9 Å². The molecule has 1 aromatic carbocycles. The molecule has 0 unspecified atom stereocenters. The lowest BCUT2D eigenvalue weighted by atomic mass is 10.0. The lowest BCUT2D eigenvalue weighted by Crippen LogP contribution is -2.31. The van der Waals surface area contributed by atoms with Crippen molar-refractivity contribution < 1.29 is 23.2 Å². The highest BCUT2D eigenvalue weighted by atomic mass is 19.2. The Morgan fingerprint density at radius 1 is 1.12 bits per heavy atom. The minimum absolute atomic E-state index is 0.0268. The number of halogens is 2. The Morgan fingerprint density at radius 2 is 1.84 bits per heavy atom. The number of hydrogen-bond donors (Lipinski definition) is 2. The van der Waals surface area contributed by atoms with Gasteiger partial charge in [0.05, 0.1) is 18.3 Å². The number of hydrogen-bond acceptors (Lipinski definition) is 5. The third-order valence-electron chi connectivity index (χ3n) is 5.10. The highest BCUT2D eigenvalue weighted by Gasteiger charge is 2.28. The van der Waals surface area contributed by atoms with E-state index in [9.17, 15) is 23.2 Å². The molecular weight excluding hydrogens is 422 g/mol. The quantitative estimate of drug-likeness (QED) is 0.429. The number of rotatable bonds is 7. The van der Waals surface area contributed by atoms with Gasteiger partial charge < -0.3 is 15.2 Å². The van der Waals surface area contributed by atoms with Gasteiger partial charge in [0.1, 0.15) is 11.4 Å². The monoisotopic (exact) mass is 444 g/mol. The molecule has 2 N–H and O–H groups in total. The Bertz CT molecular complexity index is 1210. The van der Waals surface area contributed by atoms with E-state index in [1.165, 1.54) is 10.6 Å². The van der Waals surface area contributed by atoms with Crippen molar-refractivity contribution in [2.75, 3.05) is 5.32 Å². The summed E-state index contributed by atoms with van der Waals surface area (Å²) in [6.45, 7) is 5.69. The summed E-state index contributed by atoms with van der Waals surface area (Å²) in [5.74, 6) is -4.42. The fourth-order valence-electron chi connectivity index (χ4n) is 3.34. The second-order valence-corrected chi connectivity index (χ2v) is 7.15. The normalized spacial score (nSPS) is 10.8. The molecule has 0 aliphatic rings. The first-order chi connectivity index (χ1) is 15.1. The summed E-state index contributed by atoms with van der Waals surface area (Å²) in [6.07, 6.45) is 1.66. The van der Waals surface area contributed by atoms with Gasteiger partial charge in [-0.2, -0.15) is 0 Å². The van der Waals surface area contributed by atoms with Crippen molar-refractivity contribution >= 4 is 23.3 Å². The molecule has 32 heavy (non-hydrogen) atoms. The summed E-state index contributed by atoms with van der Waals surface area (Å²) in [5.41, 5.74) is 1.48. The molecule has 0 saturated carbocycles. The number of aromatic nitrogens is 4. The van der Waals surface area contributed by atoms with Crippen LogP contribution in [0.1, 0.15) is 44.7 Å². The van der Waals surface area contributed by atoms with Gasteiger partial charge in [-0.1, -0.05) is 5.21 Å². The summed E-state index contributed by atoms with van der Waals surface area (Å²) in [4.78, 5) is 38.0. The van der Waals surface area contributed by atoms with Gasteiger partial charge in [0.15, 0.2) is 11.6 Å². The minimum atomic E-state index is -1.10. The first-order valence-corrected chi connectivity index (χ1v) is 9.77. The summed E-state index contributed by atoms with van der Waals surface area (Å²) >= 11 is 0. The van der Waals surface area contributed by atoms with Crippen LogP contribution in [0.15, 0.2) is 24.4 Å². The van der Waals surface area contributed by atoms with E-state index < -0.39 is 29.2 Å². The average Bonchev–Trinajstić information content (AvgIpc) is 3.30. The van der Waals surface area contributed by atoms with E-state index in [-0.39, 0.29) is 23.5 Å². The molecule has 0 saturated heterocycles. The lowest BCUT2D eigenvalue weighted by Gasteiger charge is -2.08. The first-order valence-electron chi connectivity index (χ1n) is 9.77. The van der Waals surface area contributed by atoms with Gasteiger partial charge in [-0.25, -0.2) is 8.78 Å². The maximum atomic E-state index is 13.4. The number of benzene rings is 1. The van der Waals surface area contributed by atoms with Crippen LogP contribution in [0.25, 0.3) is 0 Å². The molecule has 0 radical (unpaired) electrons. The van der Waals surface area contributed by atoms with E-state index in [1.807, 2.05) is 6.92 Å². The van der Waals surface area contributed by atoms with Gasteiger partial charge in [0.25, 0.3) is 17.6 Å². The van der Waals surface area contributed by atoms with Crippen molar-refractivity contribution in [3.05, 3.63) is 64.2 Å². The molecule has 0 fully saturated rings. The number of carbonyl (C=O) groups excluding carboxylic acids is 3. The second kappa shape index (κ2) is 9.08. The van der Waals surface area contributed by atoms with Crippen molar-refractivity contribution in [2.24, 2.45) is 7.05 Å². The predicted molar refractivity (Wildman–Crippen MR) is 111 cm³/mol. The summed E-state index contributed by atoms with van der Waals surface area (Å²) < 4.78 is 29.6. The smallest absolute Gasteiger partial charge is 0.292 e. The number of amides is 2. The topological polar surface area (TPSA) is 111 Å². The van der Waals surface area contributed by atoms with Gasteiger partial charge in [0, 0.05) is 31.0 Å². The molecular formula is C21H22F2N6O3. The molecule has 2 amide bonds. The number of aryl methyl sites for hydroxylation is 1.